The highest BCUT2D eigenvalue weighted by Crippen LogP contribution is 2.31. The monoisotopic (exact) mass is 263 g/mol. The molecule has 0 N–H and O–H groups in total. The second-order valence-corrected chi connectivity index (χ2v) is 5.31. The fraction of sp³-hybridized carbons (Fsp3) is 0.625. The lowest BCUT2D eigenvalue weighted by Crippen LogP contribution is -2.41. The molecule has 1 atom stereocenters. The van der Waals surface area contributed by atoms with Crippen LogP contribution in [0.15, 0.2) is 30.3 Å². The number of anilines is 1. The summed E-state index contributed by atoms with van der Waals surface area (Å²) in [6.45, 7) is 0.359. The topological polar surface area (TPSA) is 21.7 Å². The predicted octanol–water partition coefficient (Wildman–Crippen LogP) is 3.65. The molecule has 19 heavy (non-hydrogen) atoms. The van der Waals surface area contributed by atoms with E-state index in [1.54, 1.807) is 7.11 Å². The van der Waals surface area contributed by atoms with Crippen LogP contribution >= 0.6 is 0 Å². The zero-order valence-corrected chi connectivity index (χ0v) is 12.0. The minimum Gasteiger partial charge on any atom is -0.359 e. The number of ether oxygens (including phenoxy) is 2. The molecule has 3 heteroatoms. The van der Waals surface area contributed by atoms with Gasteiger partial charge in [0, 0.05) is 25.8 Å². The third-order valence-corrected chi connectivity index (χ3v) is 3.95. The molecule has 3 nitrogen and oxygen atoms in total. The largest absolute Gasteiger partial charge is 0.359 e. The summed E-state index contributed by atoms with van der Waals surface area (Å²) >= 11 is 0. The average molecular weight is 263 g/mol. The molecule has 1 aromatic carbocycles. The highest BCUT2D eigenvalue weighted by molar-refractivity contribution is 5.45. The highest BCUT2D eigenvalue weighted by atomic mass is 16.7. The van der Waals surface area contributed by atoms with Crippen molar-refractivity contribution in [2.45, 2.75) is 38.3 Å². The van der Waals surface area contributed by atoms with Gasteiger partial charge in [-0.3, -0.25) is 0 Å². The second kappa shape index (κ2) is 7.51. The quantitative estimate of drug-likeness (QED) is 0.731. The molecule has 0 aromatic heterocycles. The first-order chi connectivity index (χ1) is 9.33. The van der Waals surface area contributed by atoms with E-state index in [4.69, 9.17) is 9.47 Å². The second-order valence-electron chi connectivity index (χ2n) is 5.31. The fourth-order valence-electron chi connectivity index (χ4n) is 2.93. The standard InChI is InChI=1S/C16H25NO2/c1-17(15-11-7-4-8-12-15)16(19-13-18-2)14-9-5-3-6-10-14/h4,7-8,11-12,14,16H,3,5-6,9-10,13H2,1-2H3. The van der Waals surface area contributed by atoms with Crippen molar-refractivity contribution in [2.24, 2.45) is 5.92 Å². The van der Waals surface area contributed by atoms with Crippen molar-refractivity contribution in [3.8, 4) is 0 Å². The lowest BCUT2D eigenvalue weighted by atomic mass is 9.87. The van der Waals surface area contributed by atoms with Crippen molar-refractivity contribution in [1.29, 1.82) is 0 Å². The minimum atomic E-state index is 0.114. The van der Waals surface area contributed by atoms with Crippen LogP contribution in [0.5, 0.6) is 0 Å². The number of para-hydroxylation sites is 1. The van der Waals surface area contributed by atoms with Gasteiger partial charge in [-0.1, -0.05) is 37.5 Å². The van der Waals surface area contributed by atoms with Crippen molar-refractivity contribution < 1.29 is 9.47 Å². The number of benzene rings is 1. The first kappa shape index (κ1) is 14.4. The third-order valence-electron chi connectivity index (χ3n) is 3.95. The molecule has 0 aliphatic heterocycles. The Labute approximate surface area is 116 Å². The maximum absolute atomic E-state index is 5.95. The molecule has 0 heterocycles. The van der Waals surface area contributed by atoms with Gasteiger partial charge in [0.25, 0.3) is 0 Å². The van der Waals surface area contributed by atoms with Crippen molar-refractivity contribution in [3.05, 3.63) is 30.3 Å². The van der Waals surface area contributed by atoms with E-state index in [9.17, 15) is 0 Å². The van der Waals surface area contributed by atoms with Crippen LogP contribution in [0, 0.1) is 5.92 Å². The van der Waals surface area contributed by atoms with E-state index < -0.39 is 0 Å². The maximum Gasteiger partial charge on any atom is 0.148 e. The molecule has 1 aliphatic rings. The molecule has 0 bridgehead atoms. The van der Waals surface area contributed by atoms with E-state index in [0.29, 0.717) is 12.7 Å². The number of rotatable bonds is 6. The van der Waals surface area contributed by atoms with Gasteiger partial charge in [-0.05, 0) is 25.0 Å². The average Bonchev–Trinajstić information content (AvgIpc) is 2.49. The van der Waals surface area contributed by atoms with E-state index in [1.165, 1.54) is 37.8 Å². The normalized spacial score (nSPS) is 18.2. The molecular weight excluding hydrogens is 238 g/mol. The van der Waals surface area contributed by atoms with Gasteiger partial charge in [0.1, 0.15) is 13.0 Å². The lowest BCUT2D eigenvalue weighted by molar-refractivity contribution is -0.0947. The van der Waals surface area contributed by atoms with Crippen LogP contribution in [0.3, 0.4) is 0 Å². The van der Waals surface area contributed by atoms with Crippen molar-refractivity contribution in [2.75, 3.05) is 25.9 Å². The fourth-order valence-corrected chi connectivity index (χ4v) is 2.93. The van der Waals surface area contributed by atoms with E-state index in [0.717, 1.165) is 0 Å². The van der Waals surface area contributed by atoms with Gasteiger partial charge in [-0.25, -0.2) is 0 Å². The van der Waals surface area contributed by atoms with Crippen LogP contribution in [0.1, 0.15) is 32.1 Å². The summed E-state index contributed by atoms with van der Waals surface area (Å²) in [6, 6.07) is 10.4. The van der Waals surface area contributed by atoms with Gasteiger partial charge in [0.15, 0.2) is 0 Å². The van der Waals surface area contributed by atoms with Gasteiger partial charge in [0.2, 0.25) is 0 Å². The molecule has 1 aromatic rings. The van der Waals surface area contributed by atoms with Crippen LogP contribution in [0.25, 0.3) is 0 Å². The number of nitrogens with zero attached hydrogens (tertiary/aromatic N) is 1. The summed E-state index contributed by atoms with van der Waals surface area (Å²) in [5.41, 5.74) is 1.20. The van der Waals surface area contributed by atoms with Crippen molar-refractivity contribution in [3.63, 3.8) is 0 Å². The molecule has 0 saturated heterocycles. The smallest absolute Gasteiger partial charge is 0.148 e. The van der Waals surface area contributed by atoms with Gasteiger partial charge >= 0.3 is 0 Å². The molecule has 2 rings (SSSR count). The molecule has 0 spiro atoms. The summed E-state index contributed by atoms with van der Waals surface area (Å²) in [5, 5.41) is 0. The molecule has 106 valence electrons. The minimum absolute atomic E-state index is 0.114. The molecule has 1 saturated carbocycles. The van der Waals surface area contributed by atoms with Gasteiger partial charge in [-0.2, -0.15) is 0 Å². The molecule has 0 radical (unpaired) electrons. The molecule has 1 fully saturated rings. The van der Waals surface area contributed by atoms with E-state index >= 15 is 0 Å². The Morgan fingerprint density at radius 2 is 1.84 bits per heavy atom. The highest BCUT2D eigenvalue weighted by Gasteiger charge is 2.27. The number of hydrogen-bond donors (Lipinski definition) is 0. The summed E-state index contributed by atoms with van der Waals surface area (Å²) in [6.07, 6.45) is 6.63. The lowest BCUT2D eigenvalue weighted by Gasteiger charge is -2.37. The van der Waals surface area contributed by atoms with E-state index in [1.807, 2.05) is 6.07 Å². The summed E-state index contributed by atoms with van der Waals surface area (Å²) in [4.78, 5) is 2.25. The Balaban J connectivity index is 2.07. The van der Waals surface area contributed by atoms with Crippen molar-refractivity contribution >= 4 is 5.69 Å². The first-order valence-electron chi connectivity index (χ1n) is 7.21. The Hall–Kier alpha value is -1.06. The first-order valence-corrected chi connectivity index (χ1v) is 7.21. The number of methoxy groups -OCH3 is 1. The number of hydrogen-bond acceptors (Lipinski definition) is 3. The molecule has 0 amide bonds. The molecule has 1 aliphatic carbocycles. The van der Waals surface area contributed by atoms with Crippen LogP contribution in [0.2, 0.25) is 0 Å². The Morgan fingerprint density at radius 3 is 2.47 bits per heavy atom. The summed E-state index contributed by atoms with van der Waals surface area (Å²) < 4.78 is 11.1. The molecular formula is C16H25NO2. The van der Waals surface area contributed by atoms with E-state index in [2.05, 4.69) is 36.2 Å². The Kier molecular flexibility index (Phi) is 5.67. The zero-order chi connectivity index (χ0) is 13.5. The summed E-state index contributed by atoms with van der Waals surface area (Å²) in [7, 11) is 3.80. The summed E-state index contributed by atoms with van der Waals surface area (Å²) in [5.74, 6) is 0.606. The van der Waals surface area contributed by atoms with Gasteiger partial charge in [0.05, 0.1) is 0 Å². The third kappa shape index (κ3) is 3.95. The van der Waals surface area contributed by atoms with Gasteiger partial charge in [-0.15, -0.1) is 0 Å². The van der Waals surface area contributed by atoms with Crippen LogP contribution in [-0.2, 0) is 9.47 Å². The Bertz CT molecular complexity index is 349. The predicted molar refractivity (Wildman–Crippen MR) is 78.2 cm³/mol. The molecule has 1 unspecified atom stereocenters. The van der Waals surface area contributed by atoms with Crippen LogP contribution in [-0.4, -0.2) is 27.2 Å². The van der Waals surface area contributed by atoms with E-state index in [-0.39, 0.29) is 6.23 Å². The maximum atomic E-state index is 5.95. The zero-order valence-electron chi connectivity index (χ0n) is 12.0. The van der Waals surface area contributed by atoms with Crippen LogP contribution < -0.4 is 4.90 Å². The SMILES string of the molecule is COCOC(C1CCCCC1)N(C)c1ccccc1. The van der Waals surface area contributed by atoms with Crippen molar-refractivity contribution in [1.82, 2.24) is 0 Å². The Morgan fingerprint density at radius 1 is 1.16 bits per heavy atom. The van der Waals surface area contributed by atoms with Gasteiger partial charge < -0.3 is 14.4 Å². The van der Waals surface area contributed by atoms with Crippen LogP contribution in [0.4, 0.5) is 5.69 Å².